The van der Waals surface area contributed by atoms with Crippen LogP contribution in [0.25, 0.3) is 0 Å². The van der Waals surface area contributed by atoms with Gasteiger partial charge in [-0.1, -0.05) is 0 Å². The van der Waals surface area contributed by atoms with Crippen LogP contribution in [0, 0.1) is 23.4 Å². The molecule has 0 saturated carbocycles. The number of piperidine rings is 1. The normalized spacial score (nSPS) is 17.3. The highest BCUT2D eigenvalue weighted by atomic mass is 32.2. The van der Waals surface area contributed by atoms with Crippen LogP contribution >= 0.6 is 0 Å². The number of benzene rings is 2. The Labute approximate surface area is 177 Å². The highest BCUT2D eigenvalue weighted by molar-refractivity contribution is 7.89. The second-order valence-corrected chi connectivity index (χ2v) is 8.87. The Hall–Kier alpha value is -2.79. The van der Waals surface area contributed by atoms with Crippen molar-refractivity contribution < 1.29 is 35.9 Å². The van der Waals surface area contributed by atoms with E-state index in [9.17, 15) is 26.4 Å². The van der Waals surface area contributed by atoms with Crippen LogP contribution in [0.2, 0.25) is 0 Å². The van der Waals surface area contributed by atoms with Crippen LogP contribution in [-0.4, -0.2) is 45.9 Å². The molecule has 3 rings (SSSR count). The van der Waals surface area contributed by atoms with Gasteiger partial charge in [-0.25, -0.2) is 21.6 Å². The fraction of sp³-hybridized carbons (Fsp3) is 0.350. The van der Waals surface area contributed by atoms with E-state index in [0.717, 1.165) is 10.4 Å². The number of carbonyl (C=O) groups excluding carboxylic acids is 1. The molecule has 2 aromatic carbocycles. The molecular weight excluding hydrogens is 437 g/mol. The van der Waals surface area contributed by atoms with E-state index in [1.807, 2.05) is 0 Å². The van der Waals surface area contributed by atoms with Crippen molar-refractivity contribution in [2.24, 2.45) is 5.92 Å². The number of sulfonamides is 1. The Balaban J connectivity index is 1.78. The van der Waals surface area contributed by atoms with Gasteiger partial charge in [-0.3, -0.25) is 4.79 Å². The quantitative estimate of drug-likeness (QED) is 0.673. The average Bonchev–Trinajstić information content (AvgIpc) is 2.78. The van der Waals surface area contributed by atoms with Crippen LogP contribution < -0.4 is 14.8 Å². The summed E-state index contributed by atoms with van der Waals surface area (Å²) < 4.78 is 77.9. The van der Waals surface area contributed by atoms with E-state index in [-0.39, 0.29) is 23.7 Å². The van der Waals surface area contributed by atoms with E-state index in [1.165, 1.54) is 32.4 Å². The van der Waals surface area contributed by atoms with Crippen LogP contribution in [0.3, 0.4) is 0 Å². The zero-order valence-electron chi connectivity index (χ0n) is 16.8. The van der Waals surface area contributed by atoms with E-state index in [4.69, 9.17) is 9.47 Å². The van der Waals surface area contributed by atoms with Crippen LogP contribution in [0.15, 0.2) is 35.2 Å². The molecule has 11 heteroatoms. The van der Waals surface area contributed by atoms with Gasteiger partial charge in [0, 0.05) is 19.2 Å². The van der Waals surface area contributed by atoms with E-state index in [1.54, 1.807) is 0 Å². The Bertz CT molecular complexity index is 1090. The summed E-state index contributed by atoms with van der Waals surface area (Å²) in [5.41, 5.74) is -0.510. The zero-order chi connectivity index (χ0) is 22.8. The molecular formula is C20H21F3N2O5S. The molecule has 1 saturated heterocycles. The lowest BCUT2D eigenvalue weighted by Crippen LogP contribution is -2.43. The SMILES string of the molecule is COc1ccc(S(=O)(=O)N2CCCC(C(=O)Nc3ccc(F)c(F)c3F)C2)cc1OC. The fourth-order valence-corrected chi connectivity index (χ4v) is 4.90. The molecule has 31 heavy (non-hydrogen) atoms. The van der Waals surface area contributed by atoms with Gasteiger partial charge < -0.3 is 14.8 Å². The van der Waals surface area contributed by atoms with Crippen LogP contribution in [0.5, 0.6) is 11.5 Å². The number of hydrogen-bond donors (Lipinski definition) is 1. The third kappa shape index (κ3) is 4.62. The number of rotatable bonds is 6. The standard InChI is InChI=1S/C20H21F3N2O5S/c1-29-16-8-5-13(10-17(16)30-2)31(27,28)25-9-3-4-12(11-25)20(26)24-15-7-6-14(21)18(22)19(15)23/h5-8,10,12H,3-4,9,11H2,1-2H3,(H,24,26). The molecule has 1 N–H and O–H groups in total. The summed E-state index contributed by atoms with van der Waals surface area (Å²) in [6.45, 7) is 0.0494. The van der Waals surface area contributed by atoms with Crippen molar-refractivity contribution in [1.29, 1.82) is 0 Å². The molecule has 0 aromatic heterocycles. The molecule has 1 amide bonds. The highest BCUT2D eigenvalue weighted by Crippen LogP contribution is 2.32. The molecule has 0 aliphatic carbocycles. The molecule has 1 heterocycles. The number of hydrogen-bond acceptors (Lipinski definition) is 5. The maximum Gasteiger partial charge on any atom is 0.243 e. The van der Waals surface area contributed by atoms with Gasteiger partial charge in [0.25, 0.3) is 0 Å². The number of anilines is 1. The fourth-order valence-electron chi connectivity index (χ4n) is 3.36. The topological polar surface area (TPSA) is 84.9 Å². The van der Waals surface area contributed by atoms with Crippen molar-refractivity contribution in [3.63, 3.8) is 0 Å². The number of nitrogens with one attached hydrogen (secondary N) is 1. The molecule has 7 nitrogen and oxygen atoms in total. The summed E-state index contributed by atoms with van der Waals surface area (Å²) in [7, 11) is -1.14. The largest absolute Gasteiger partial charge is 0.493 e. The van der Waals surface area contributed by atoms with Gasteiger partial charge in [-0.15, -0.1) is 0 Å². The summed E-state index contributed by atoms with van der Waals surface area (Å²) in [5, 5.41) is 2.21. The lowest BCUT2D eigenvalue weighted by atomic mass is 9.98. The number of halogens is 3. The van der Waals surface area contributed by atoms with Gasteiger partial charge in [0.1, 0.15) is 0 Å². The van der Waals surface area contributed by atoms with Crippen molar-refractivity contribution in [1.82, 2.24) is 4.31 Å². The summed E-state index contributed by atoms with van der Waals surface area (Å²) in [4.78, 5) is 12.5. The number of amides is 1. The molecule has 2 aromatic rings. The van der Waals surface area contributed by atoms with Gasteiger partial charge >= 0.3 is 0 Å². The molecule has 1 aliphatic rings. The van der Waals surface area contributed by atoms with Gasteiger partial charge in [-0.2, -0.15) is 4.31 Å². The number of carbonyl (C=O) groups is 1. The first kappa shape index (κ1) is 22.9. The van der Waals surface area contributed by atoms with E-state index < -0.39 is 45.0 Å². The number of methoxy groups -OCH3 is 2. The second-order valence-electron chi connectivity index (χ2n) is 6.93. The summed E-state index contributed by atoms with van der Waals surface area (Å²) >= 11 is 0. The average molecular weight is 458 g/mol. The van der Waals surface area contributed by atoms with Gasteiger partial charge in [0.15, 0.2) is 29.0 Å². The van der Waals surface area contributed by atoms with E-state index in [2.05, 4.69) is 5.32 Å². The molecule has 1 aliphatic heterocycles. The number of nitrogens with zero attached hydrogens (tertiary/aromatic N) is 1. The first-order valence-electron chi connectivity index (χ1n) is 9.35. The lowest BCUT2D eigenvalue weighted by Gasteiger charge is -2.31. The van der Waals surface area contributed by atoms with Gasteiger partial charge in [-0.05, 0) is 37.1 Å². The maximum atomic E-state index is 13.9. The third-order valence-corrected chi connectivity index (χ3v) is 6.90. The van der Waals surface area contributed by atoms with Gasteiger partial charge in [0.05, 0.1) is 30.7 Å². The Morgan fingerprint density at radius 2 is 1.77 bits per heavy atom. The Morgan fingerprint density at radius 1 is 1.06 bits per heavy atom. The Kier molecular flexibility index (Phi) is 6.75. The van der Waals surface area contributed by atoms with Crippen LogP contribution in [-0.2, 0) is 14.8 Å². The lowest BCUT2D eigenvalue weighted by molar-refractivity contribution is -0.120. The van der Waals surface area contributed by atoms with Gasteiger partial charge in [0.2, 0.25) is 15.9 Å². The summed E-state index contributed by atoms with van der Waals surface area (Å²) in [5.74, 6) is -5.46. The molecule has 168 valence electrons. The first-order chi connectivity index (χ1) is 14.7. The summed E-state index contributed by atoms with van der Waals surface area (Å²) in [6, 6.07) is 5.77. The summed E-state index contributed by atoms with van der Waals surface area (Å²) in [6.07, 6.45) is 0.750. The molecule has 1 fully saturated rings. The minimum Gasteiger partial charge on any atom is -0.493 e. The third-order valence-electron chi connectivity index (χ3n) is 5.04. The monoisotopic (exact) mass is 458 g/mol. The molecule has 0 spiro atoms. The first-order valence-corrected chi connectivity index (χ1v) is 10.8. The second kappa shape index (κ2) is 9.15. The predicted molar refractivity (Wildman–Crippen MR) is 106 cm³/mol. The molecule has 1 unspecified atom stereocenters. The number of ether oxygens (including phenoxy) is 2. The van der Waals surface area contributed by atoms with Crippen molar-refractivity contribution in [2.75, 3.05) is 32.6 Å². The van der Waals surface area contributed by atoms with E-state index >= 15 is 0 Å². The smallest absolute Gasteiger partial charge is 0.243 e. The minimum absolute atomic E-state index is 0.0298. The van der Waals surface area contributed by atoms with Crippen LogP contribution in [0.4, 0.5) is 18.9 Å². The van der Waals surface area contributed by atoms with Crippen molar-refractivity contribution in [2.45, 2.75) is 17.7 Å². The zero-order valence-corrected chi connectivity index (χ0v) is 17.6. The Morgan fingerprint density at radius 3 is 2.45 bits per heavy atom. The van der Waals surface area contributed by atoms with Crippen LogP contribution in [0.1, 0.15) is 12.8 Å². The molecule has 0 radical (unpaired) electrons. The molecule has 0 bridgehead atoms. The van der Waals surface area contributed by atoms with Crippen molar-refractivity contribution in [3.8, 4) is 11.5 Å². The minimum atomic E-state index is -3.95. The molecule has 1 atom stereocenters. The van der Waals surface area contributed by atoms with E-state index in [0.29, 0.717) is 24.7 Å². The van der Waals surface area contributed by atoms with Crippen molar-refractivity contribution in [3.05, 3.63) is 47.8 Å². The maximum absolute atomic E-state index is 13.9. The predicted octanol–water partition coefficient (Wildman–Crippen LogP) is 3.16. The highest BCUT2D eigenvalue weighted by Gasteiger charge is 2.34. The van der Waals surface area contributed by atoms with Crippen molar-refractivity contribution >= 4 is 21.6 Å².